The Morgan fingerprint density at radius 1 is 1.50 bits per heavy atom. The molecular formula is C12H13ClFNO3. The number of hydrogen-bond donors (Lipinski definition) is 1. The summed E-state index contributed by atoms with van der Waals surface area (Å²) in [7, 11) is 1.22. The van der Waals surface area contributed by atoms with Crippen LogP contribution in [0.3, 0.4) is 0 Å². The van der Waals surface area contributed by atoms with Gasteiger partial charge in [-0.3, -0.25) is 4.79 Å². The highest BCUT2D eigenvalue weighted by atomic mass is 35.5. The van der Waals surface area contributed by atoms with E-state index in [2.05, 4.69) is 10.1 Å². The number of carbonyl (C=O) groups excluding carboxylic acids is 2. The summed E-state index contributed by atoms with van der Waals surface area (Å²) >= 11 is 5.35. The molecule has 1 aromatic rings. The van der Waals surface area contributed by atoms with Gasteiger partial charge in [-0.15, -0.1) is 11.6 Å². The fraction of sp³-hybridized carbons (Fsp3) is 0.333. The molecule has 0 fully saturated rings. The first kappa shape index (κ1) is 14.4. The molecule has 98 valence electrons. The average Bonchev–Trinajstić information content (AvgIpc) is 2.36. The summed E-state index contributed by atoms with van der Waals surface area (Å²) in [5.41, 5.74) is 0.584. The van der Waals surface area contributed by atoms with Crippen LogP contribution in [0.2, 0.25) is 0 Å². The van der Waals surface area contributed by atoms with Crippen molar-refractivity contribution >= 4 is 23.5 Å². The van der Waals surface area contributed by atoms with E-state index in [0.29, 0.717) is 5.56 Å². The van der Waals surface area contributed by atoms with E-state index in [1.807, 2.05) is 0 Å². The second-order valence-corrected chi connectivity index (χ2v) is 3.88. The van der Waals surface area contributed by atoms with Gasteiger partial charge in [0, 0.05) is 6.42 Å². The van der Waals surface area contributed by atoms with Crippen molar-refractivity contribution in [3.8, 4) is 0 Å². The standard InChI is InChI=1S/C12H13ClFNO3/c1-18-12(17)10(15-11(16)7-13)6-8-3-2-4-9(14)5-8/h2-5,10H,6-7H2,1H3,(H,15,16)/t10-/m0/s1. The Balaban J connectivity index is 2.78. The van der Waals surface area contributed by atoms with Crippen LogP contribution in [0.4, 0.5) is 4.39 Å². The second kappa shape index (κ2) is 6.96. The van der Waals surface area contributed by atoms with Crippen LogP contribution < -0.4 is 5.32 Å². The molecule has 0 radical (unpaired) electrons. The first-order chi connectivity index (χ1) is 8.56. The Hall–Kier alpha value is -1.62. The van der Waals surface area contributed by atoms with Gasteiger partial charge < -0.3 is 10.1 Å². The summed E-state index contributed by atoms with van der Waals surface area (Å²) in [5, 5.41) is 2.42. The number of rotatable bonds is 5. The minimum Gasteiger partial charge on any atom is -0.467 e. The fourth-order valence-electron chi connectivity index (χ4n) is 1.47. The first-order valence-electron chi connectivity index (χ1n) is 5.24. The van der Waals surface area contributed by atoms with E-state index in [1.54, 1.807) is 6.07 Å². The van der Waals surface area contributed by atoms with Gasteiger partial charge in [0.2, 0.25) is 5.91 Å². The zero-order valence-corrected chi connectivity index (χ0v) is 10.5. The van der Waals surface area contributed by atoms with E-state index in [1.165, 1.54) is 25.3 Å². The number of methoxy groups -OCH3 is 1. The summed E-state index contributed by atoms with van der Waals surface area (Å²) in [5.74, 6) is -1.74. The third-order valence-corrected chi connectivity index (χ3v) is 2.51. The molecule has 1 aromatic carbocycles. The average molecular weight is 274 g/mol. The number of hydrogen-bond acceptors (Lipinski definition) is 3. The zero-order valence-electron chi connectivity index (χ0n) is 9.78. The number of amides is 1. The smallest absolute Gasteiger partial charge is 0.328 e. The summed E-state index contributed by atoms with van der Waals surface area (Å²) in [6.45, 7) is 0. The van der Waals surface area contributed by atoms with E-state index >= 15 is 0 Å². The Labute approximate surface area is 109 Å². The predicted octanol–water partition coefficient (Wildman–Crippen LogP) is 1.26. The van der Waals surface area contributed by atoms with Gasteiger partial charge in [0.1, 0.15) is 17.7 Å². The Bertz CT molecular complexity index is 439. The Kier molecular flexibility index (Phi) is 5.58. The number of ether oxygens (including phenoxy) is 1. The topological polar surface area (TPSA) is 55.4 Å². The third-order valence-electron chi connectivity index (χ3n) is 2.27. The Morgan fingerprint density at radius 2 is 2.22 bits per heavy atom. The van der Waals surface area contributed by atoms with Crippen LogP contribution in [0.5, 0.6) is 0 Å². The van der Waals surface area contributed by atoms with Crippen LogP contribution >= 0.6 is 11.6 Å². The van der Waals surface area contributed by atoms with E-state index in [0.717, 1.165) is 0 Å². The van der Waals surface area contributed by atoms with Crippen molar-refractivity contribution in [2.24, 2.45) is 0 Å². The van der Waals surface area contributed by atoms with Crippen LogP contribution in [-0.4, -0.2) is 30.9 Å². The van der Waals surface area contributed by atoms with Crippen molar-refractivity contribution in [3.63, 3.8) is 0 Å². The molecule has 0 aromatic heterocycles. The second-order valence-electron chi connectivity index (χ2n) is 3.61. The quantitative estimate of drug-likeness (QED) is 0.649. The lowest BCUT2D eigenvalue weighted by atomic mass is 10.1. The molecule has 0 aliphatic heterocycles. The number of halogens is 2. The zero-order chi connectivity index (χ0) is 13.5. The van der Waals surface area contributed by atoms with Crippen molar-refractivity contribution in [2.75, 3.05) is 13.0 Å². The number of carbonyl (C=O) groups is 2. The molecule has 1 amide bonds. The minimum absolute atomic E-state index is 0.146. The van der Waals surface area contributed by atoms with Gasteiger partial charge in [0.05, 0.1) is 7.11 Å². The van der Waals surface area contributed by atoms with Gasteiger partial charge in [-0.05, 0) is 17.7 Å². The monoisotopic (exact) mass is 273 g/mol. The van der Waals surface area contributed by atoms with Crippen LogP contribution in [0.1, 0.15) is 5.56 Å². The molecule has 1 atom stereocenters. The van der Waals surface area contributed by atoms with Crippen molar-refractivity contribution in [2.45, 2.75) is 12.5 Å². The van der Waals surface area contributed by atoms with E-state index < -0.39 is 23.7 Å². The maximum atomic E-state index is 13.0. The summed E-state index contributed by atoms with van der Waals surface area (Å²) in [6, 6.07) is 4.91. The molecule has 1 rings (SSSR count). The molecule has 0 heterocycles. The maximum Gasteiger partial charge on any atom is 0.328 e. The minimum atomic E-state index is -0.872. The van der Waals surface area contributed by atoms with E-state index in [4.69, 9.17) is 11.6 Å². The SMILES string of the molecule is COC(=O)[C@H](Cc1cccc(F)c1)NC(=O)CCl. The molecule has 18 heavy (non-hydrogen) atoms. The molecule has 6 heteroatoms. The number of esters is 1. The lowest BCUT2D eigenvalue weighted by Crippen LogP contribution is -2.43. The molecule has 1 N–H and O–H groups in total. The molecule has 0 saturated heterocycles. The number of benzene rings is 1. The molecule has 0 spiro atoms. The van der Waals surface area contributed by atoms with Crippen molar-refractivity contribution in [3.05, 3.63) is 35.6 Å². The lowest BCUT2D eigenvalue weighted by molar-refractivity contribution is -0.144. The van der Waals surface area contributed by atoms with Gasteiger partial charge >= 0.3 is 5.97 Å². The number of nitrogens with one attached hydrogen (secondary N) is 1. The highest BCUT2D eigenvalue weighted by Gasteiger charge is 2.21. The third kappa shape index (κ3) is 4.33. The fourth-order valence-corrected chi connectivity index (χ4v) is 1.55. The summed E-state index contributed by atoms with van der Waals surface area (Å²) in [6.07, 6.45) is 0.146. The first-order valence-corrected chi connectivity index (χ1v) is 5.78. The lowest BCUT2D eigenvalue weighted by Gasteiger charge is -2.15. The molecule has 0 saturated carbocycles. The Morgan fingerprint density at radius 3 is 2.78 bits per heavy atom. The largest absolute Gasteiger partial charge is 0.467 e. The van der Waals surface area contributed by atoms with Gasteiger partial charge in [-0.25, -0.2) is 9.18 Å². The van der Waals surface area contributed by atoms with Crippen molar-refractivity contribution in [1.82, 2.24) is 5.32 Å². The van der Waals surface area contributed by atoms with Gasteiger partial charge in [0.25, 0.3) is 0 Å². The van der Waals surface area contributed by atoms with E-state index in [-0.39, 0.29) is 12.3 Å². The van der Waals surface area contributed by atoms with Crippen LogP contribution in [0.25, 0.3) is 0 Å². The normalized spacial score (nSPS) is 11.7. The highest BCUT2D eigenvalue weighted by molar-refractivity contribution is 6.27. The van der Waals surface area contributed by atoms with Crippen LogP contribution in [0.15, 0.2) is 24.3 Å². The predicted molar refractivity (Wildman–Crippen MR) is 64.8 cm³/mol. The van der Waals surface area contributed by atoms with Gasteiger partial charge in [-0.1, -0.05) is 12.1 Å². The van der Waals surface area contributed by atoms with Gasteiger partial charge in [-0.2, -0.15) is 0 Å². The number of alkyl halides is 1. The van der Waals surface area contributed by atoms with Crippen LogP contribution in [-0.2, 0) is 20.7 Å². The molecule has 0 unspecified atom stereocenters. The van der Waals surface area contributed by atoms with Gasteiger partial charge in [0.15, 0.2) is 0 Å². The molecule has 0 aliphatic carbocycles. The van der Waals surface area contributed by atoms with Crippen LogP contribution in [0, 0.1) is 5.82 Å². The molecule has 4 nitrogen and oxygen atoms in total. The molecule has 0 aliphatic rings. The van der Waals surface area contributed by atoms with E-state index in [9.17, 15) is 14.0 Å². The molecule has 0 bridgehead atoms. The summed E-state index contributed by atoms with van der Waals surface area (Å²) in [4.78, 5) is 22.7. The van der Waals surface area contributed by atoms with Crippen molar-refractivity contribution < 1.29 is 18.7 Å². The van der Waals surface area contributed by atoms with Crippen molar-refractivity contribution in [1.29, 1.82) is 0 Å². The maximum absolute atomic E-state index is 13.0. The summed E-state index contributed by atoms with van der Waals surface area (Å²) < 4.78 is 17.6. The highest BCUT2D eigenvalue weighted by Crippen LogP contribution is 2.07. The molecular weight excluding hydrogens is 261 g/mol.